The zero-order valence-electron chi connectivity index (χ0n) is 16.6. The third-order valence-electron chi connectivity index (χ3n) is 6.57. The van der Waals surface area contributed by atoms with Crippen molar-refractivity contribution in [2.75, 3.05) is 26.2 Å². The molecule has 6 heteroatoms. The molecule has 6 nitrogen and oxygen atoms in total. The molecule has 3 amide bonds. The van der Waals surface area contributed by atoms with Crippen molar-refractivity contribution < 1.29 is 14.4 Å². The first-order chi connectivity index (χ1) is 13.5. The van der Waals surface area contributed by atoms with Crippen LogP contribution in [-0.4, -0.2) is 59.7 Å². The lowest BCUT2D eigenvalue weighted by atomic mass is 9.69. The molecular formula is C22H29N3O3. The second-order valence-corrected chi connectivity index (χ2v) is 8.55. The smallest absolute Gasteiger partial charge is 0.232 e. The van der Waals surface area contributed by atoms with Gasteiger partial charge in [-0.15, -0.1) is 0 Å². The van der Waals surface area contributed by atoms with Gasteiger partial charge in [-0.1, -0.05) is 29.8 Å². The monoisotopic (exact) mass is 383 g/mol. The predicted octanol–water partition coefficient (Wildman–Crippen LogP) is 1.66. The van der Waals surface area contributed by atoms with Crippen LogP contribution in [0.1, 0.15) is 43.2 Å². The molecule has 3 heterocycles. The minimum absolute atomic E-state index is 0.0226. The lowest BCUT2D eigenvalue weighted by Gasteiger charge is -2.50. The average molecular weight is 383 g/mol. The van der Waals surface area contributed by atoms with Crippen molar-refractivity contribution in [3.8, 4) is 0 Å². The quantitative estimate of drug-likeness (QED) is 0.863. The number of benzene rings is 1. The van der Waals surface area contributed by atoms with Gasteiger partial charge in [0.05, 0.1) is 11.8 Å². The van der Waals surface area contributed by atoms with E-state index in [9.17, 15) is 14.4 Å². The number of carbonyl (C=O) groups is 3. The Morgan fingerprint density at radius 1 is 1.18 bits per heavy atom. The van der Waals surface area contributed by atoms with Crippen molar-refractivity contribution in [3.05, 3.63) is 35.4 Å². The van der Waals surface area contributed by atoms with Crippen LogP contribution in [0.5, 0.6) is 0 Å². The molecule has 3 fully saturated rings. The first-order valence-corrected chi connectivity index (χ1v) is 10.4. The number of rotatable bonds is 3. The van der Waals surface area contributed by atoms with Gasteiger partial charge in [-0.2, -0.15) is 0 Å². The van der Waals surface area contributed by atoms with E-state index in [0.29, 0.717) is 38.8 Å². The lowest BCUT2D eigenvalue weighted by Crippen LogP contribution is -2.67. The van der Waals surface area contributed by atoms with Gasteiger partial charge in [-0.25, -0.2) is 0 Å². The molecular weight excluding hydrogens is 354 g/mol. The van der Waals surface area contributed by atoms with E-state index in [1.54, 1.807) is 0 Å². The van der Waals surface area contributed by atoms with Crippen LogP contribution in [0.15, 0.2) is 24.3 Å². The number of piperidine rings is 2. The summed E-state index contributed by atoms with van der Waals surface area (Å²) in [5.41, 5.74) is 1.47. The summed E-state index contributed by atoms with van der Waals surface area (Å²) in [5, 5.41) is 3.06. The Labute approximate surface area is 166 Å². The van der Waals surface area contributed by atoms with Gasteiger partial charge < -0.3 is 15.1 Å². The number of aryl methyl sites for hydroxylation is 1. The molecule has 3 aliphatic heterocycles. The van der Waals surface area contributed by atoms with E-state index in [-0.39, 0.29) is 23.8 Å². The standard InChI is InChI=1S/C22H29N3O3/c1-16-5-4-6-17(13-16)14-20(27)25-12-8-18-22(15-25,9-7-19(26)23-18)21(28)24-10-2-3-11-24/h4-6,13,18H,2-3,7-12,14-15H2,1H3,(H,23,26)/t18-,22+/m1/s1. The van der Waals surface area contributed by atoms with E-state index >= 15 is 0 Å². The highest BCUT2D eigenvalue weighted by atomic mass is 16.2. The van der Waals surface area contributed by atoms with Crippen LogP contribution in [0.2, 0.25) is 0 Å². The van der Waals surface area contributed by atoms with Crippen molar-refractivity contribution in [1.82, 2.24) is 15.1 Å². The van der Waals surface area contributed by atoms with Crippen molar-refractivity contribution in [1.29, 1.82) is 0 Å². The molecule has 0 aromatic heterocycles. The maximum Gasteiger partial charge on any atom is 0.232 e. The highest BCUT2D eigenvalue weighted by molar-refractivity contribution is 5.89. The number of nitrogens with zero attached hydrogens (tertiary/aromatic N) is 2. The van der Waals surface area contributed by atoms with E-state index in [4.69, 9.17) is 0 Å². The molecule has 0 aliphatic carbocycles. The Kier molecular flexibility index (Phi) is 5.13. The Balaban J connectivity index is 1.54. The Hall–Kier alpha value is -2.37. The summed E-state index contributed by atoms with van der Waals surface area (Å²) < 4.78 is 0. The fourth-order valence-electron chi connectivity index (χ4n) is 5.04. The van der Waals surface area contributed by atoms with Crippen LogP contribution in [0, 0.1) is 12.3 Å². The van der Waals surface area contributed by atoms with Gasteiger partial charge in [0.15, 0.2) is 0 Å². The van der Waals surface area contributed by atoms with Gasteiger partial charge in [0.2, 0.25) is 17.7 Å². The SMILES string of the molecule is Cc1cccc(CC(=O)N2CC[C@H]3NC(=O)CC[C@]3(C(=O)N3CCCC3)C2)c1. The van der Waals surface area contributed by atoms with Crippen molar-refractivity contribution in [3.63, 3.8) is 0 Å². The molecule has 1 aromatic rings. The summed E-state index contributed by atoms with van der Waals surface area (Å²) in [6.07, 6.45) is 3.96. The largest absolute Gasteiger partial charge is 0.352 e. The first-order valence-electron chi connectivity index (χ1n) is 10.4. The second kappa shape index (κ2) is 7.57. The molecule has 2 atom stereocenters. The third-order valence-corrected chi connectivity index (χ3v) is 6.57. The molecule has 1 N–H and O–H groups in total. The molecule has 0 radical (unpaired) electrons. The summed E-state index contributed by atoms with van der Waals surface area (Å²) in [4.78, 5) is 42.3. The van der Waals surface area contributed by atoms with Crippen molar-refractivity contribution >= 4 is 17.7 Å². The number of likely N-dealkylation sites (tertiary alicyclic amines) is 2. The summed E-state index contributed by atoms with van der Waals surface area (Å²) in [6.45, 7) is 4.60. The van der Waals surface area contributed by atoms with Gasteiger partial charge in [0, 0.05) is 38.6 Å². The third kappa shape index (κ3) is 3.52. The van der Waals surface area contributed by atoms with Gasteiger partial charge in [-0.05, 0) is 38.2 Å². The molecule has 3 saturated heterocycles. The number of carbonyl (C=O) groups excluding carboxylic acids is 3. The molecule has 0 bridgehead atoms. The lowest BCUT2D eigenvalue weighted by molar-refractivity contribution is -0.155. The van der Waals surface area contributed by atoms with Crippen LogP contribution >= 0.6 is 0 Å². The molecule has 150 valence electrons. The van der Waals surface area contributed by atoms with Gasteiger partial charge in [-0.3, -0.25) is 14.4 Å². The van der Waals surface area contributed by atoms with Crippen LogP contribution in [0.3, 0.4) is 0 Å². The Morgan fingerprint density at radius 3 is 2.71 bits per heavy atom. The summed E-state index contributed by atoms with van der Waals surface area (Å²) >= 11 is 0. The normalized spacial score (nSPS) is 27.3. The fourth-order valence-corrected chi connectivity index (χ4v) is 5.04. The molecule has 0 saturated carbocycles. The Bertz CT molecular complexity index is 787. The number of fused-ring (bicyclic) bond motifs is 1. The van der Waals surface area contributed by atoms with E-state index in [2.05, 4.69) is 5.32 Å². The van der Waals surface area contributed by atoms with Gasteiger partial charge in [0.1, 0.15) is 0 Å². The number of amides is 3. The Morgan fingerprint density at radius 2 is 1.96 bits per heavy atom. The van der Waals surface area contributed by atoms with E-state index in [0.717, 1.165) is 37.1 Å². The average Bonchev–Trinajstić information content (AvgIpc) is 3.21. The minimum Gasteiger partial charge on any atom is -0.352 e. The maximum absolute atomic E-state index is 13.5. The van der Waals surface area contributed by atoms with Crippen molar-refractivity contribution in [2.24, 2.45) is 5.41 Å². The fraction of sp³-hybridized carbons (Fsp3) is 0.591. The highest BCUT2D eigenvalue weighted by Gasteiger charge is 2.54. The van der Waals surface area contributed by atoms with Crippen LogP contribution in [0.25, 0.3) is 0 Å². The van der Waals surface area contributed by atoms with E-state index in [1.807, 2.05) is 41.0 Å². The predicted molar refractivity (Wildman–Crippen MR) is 105 cm³/mol. The van der Waals surface area contributed by atoms with Crippen LogP contribution in [0.4, 0.5) is 0 Å². The summed E-state index contributed by atoms with van der Waals surface area (Å²) in [6, 6.07) is 7.85. The number of nitrogens with one attached hydrogen (secondary N) is 1. The molecule has 3 aliphatic rings. The van der Waals surface area contributed by atoms with Crippen LogP contribution < -0.4 is 5.32 Å². The summed E-state index contributed by atoms with van der Waals surface area (Å²) in [5.74, 6) is 0.215. The second-order valence-electron chi connectivity index (χ2n) is 8.55. The number of hydrogen-bond donors (Lipinski definition) is 1. The van der Waals surface area contributed by atoms with E-state index < -0.39 is 5.41 Å². The van der Waals surface area contributed by atoms with Crippen molar-refractivity contribution in [2.45, 2.75) is 51.5 Å². The zero-order chi connectivity index (χ0) is 19.7. The molecule has 0 unspecified atom stereocenters. The molecule has 0 spiro atoms. The summed E-state index contributed by atoms with van der Waals surface area (Å²) in [7, 11) is 0. The maximum atomic E-state index is 13.5. The number of hydrogen-bond acceptors (Lipinski definition) is 3. The highest BCUT2D eigenvalue weighted by Crippen LogP contribution is 2.40. The van der Waals surface area contributed by atoms with Crippen LogP contribution in [-0.2, 0) is 20.8 Å². The molecule has 28 heavy (non-hydrogen) atoms. The van der Waals surface area contributed by atoms with Gasteiger partial charge in [0.25, 0.3) is 0 Å². The topological polar surface area (TPSA) is 69.7 Å². The molecule has 1 aromatic carbocycles. The zero-order valence-corrected chi connectivity index (χ0v) is 16.6. The van der Waals surface area contributed by atoms with E-state index in [1.165, 1.54) is 0 Å². The molecule has 4 rings (SSSR count). The van der Waals surface area contributed by atoms with Gasteiger partial charge >= 0.3 is 0 Å². The minimum atomic E-state index is -0.668. The first kappa shape index (κ1) is 19.0.